The van der Waals surface area contributed by atoms with Crippen LogP contribution in [-0.2, 0) is 4.79 Å². The van der Waals surface area contributed by atoms with Gasteiger partial charge in [-0.15, -0.1) is 0 Å². The number of benzene rings is 1. The number of para-hydroxylation sites is 1. The highest BCUT2D eigenvalue weighted by Crippen LogP contribution is 2.15. The van der Waals surface area contributed by atoms with Crippen LogP contribution in [0.5, 0.6) is 5.75 Å². The maximum absolute atomic E-state index is 11.3. The van der Waals surface area contributed by atoms with E-state index in [-0.39, 0.29) is 11.9 Å². The van der Waals surface area contributed by atoms with E-state index in [1.54, 1.807) is 5.01 Å². The van der Waals surface area contributed by atoms with E-state index in [2.05, 4.69) is 5.59 Å². The number of nitrogens with two attached hydrogens (primary N) is 1. The van der Waals surface area contributed by atoms with Crippen LogP contribution in [0.4, 0.5) is 0 Å². The van der Waals surface area contributed by atoms with Crippen LogP contribution in [0.3, 0.4) is 0 Å². The Hall–Kier alpha value is -1.59. The molecule has 1 atom stereocenters. The summed E-state index contributed by atoms with van der Waals surface area (Å²) >= 11 is 0. The average Bonchev–Trinajstić information content (AvgIpc) is 2.38. The lowest BCUT2D eigenvalue weighted by Gasteiger charge is -2.32. The second-order valence-corrected chi connectivity index (χ2v) is 4.11. The zero-order chi connectivity index (χ0) is 12.1. The number of hydrogen-bond acceptors (Lipinski definition) is 4. The van der Waals surface area contributed by atoms with Crippen molar-refractivity contribution >= 4 is 5.91 Å². The van der Waals surface area contributed by atoms with Gasteiger partial charge in [0.25, 0.3) is 0 Å². The Morgan fingerprint density at radius 1 is 1.35 bits per heavy atom. The summed E-state index contributed by atoms with van der Waals surface area (Å²) in [5.74, 6) is 0.398. The minimum atomic E-state index is -0.311. The molecule has 1 saturated heterocycles. The lowest BCUT2D eigenvalue weighted by atomic mass is 10.0. The molecule has 2 rings (SSSR count). The summed E-state index contributed by atoms with van der Waals surface area (Å²) < 4.78 is 0. The highest BCUT2D eigenvalue weighted by atomic mass is 16.7. The fourth-order valence-corrected chi connectivity index (χ4v) is 1.94. The predicted octanol–water partition coefficient (Wildman–Crippen LogP) is 0.825. The molecule has 0 bridgehead atoms. The molecule has 0 radical (unpaired) electrons. The first kappa shape index (κ1) is 11.9. The van der Waals surface area contributed by atoms with Crippen molar-refractivity contribution in [1.82, 2.24) is 10.6 Å². The van der Waals surface area contributed by atoms with Crippen molar-refractivity contribution in [2.45, 2.75) is 25.3 Å². The number of nitrogens with zero attached hydrogens (tertiary/aromatic N) is 1. The van der Waals surface area contributed by atoms with E-state index >= 15 is 0 Å². The number of carbonyl (C=O) groups excluding carboxylic acids is 1. The average molecular weight is 235 g/mol. The van der Waals surface area contributed by atoms with Crippen molar-refractivity contribution in [2.75, 3.05) is 6.54 Å². The summed E-state index contributed by atoms with van der Waals surface area (Å²) in [6.45, 7) is 0.764. The minimum Gasteiger partial charge on any atom is -0.394 e. The molecule has 0 saturated carbocycles. The molecular weight excluding hydrogens is 218 g/mol. The lowest BCUT2D eigenvalue weighted by Crippen LogP contribution is -2.55. The number of hydrazine groups is 1. The number of carbonyl (C=O) groups is 1. The molecule has 1 heterocycles. The van der Waals surface area contributed by atoms with E-state index < -0.39 is 0 Å². The Bertz CT molecular complexity index is 369. The van der Waals surface area contributed by atoms with E-state index in [1.165, 1.54) is 0 Å². The normalized spacial score (nSPS) is 21.1. The van der Waals surface area contributed by atoms with Crippen LogP contribution in [0.25, 0.3) is 0 Å². The van der Waals surface area contributed by atoms with Gasteiger partial charge in [0.05, 0.1) is 0 Å². The van der Waals surface area contributed by atoms with Gasteiger partial charge in [-0.05, 0) is 31.4 Å². The van der Waals surface area contributed by atoms with Crippen LogP contribution >= 0.6 is 0 Å². The molecule has 1 aliphatic rings. The maximum Gasteiger partial charge on any atom is 0.236 e. The molecule has 5 heteroatoms. The molecule has 1 aromatic carbocycles. The zero-order valence-electron chi connectivity index (χ0n) is 9.63. The summed E-state index contributed by atoms with van der Waals surface area (Å²) in [4.78, 5) is 16.7. The Morgan fingerprint density at radius 2 is 2.12 bits per heavy atom. The topological polar surface area (TPSA) is 67.6 Å². The SMILES string of the molecule is NC(=O)C1CCCCN1NOc1ccccc1. The Balaban J connectivity index is 1.90. The molecule has 92 valence electrons. The largest absolute Gasteiger partial charge is 0.394 e. The summed E-state index contributed by atoms with van der Waals surface area (Å²) in [5.41, 5.74) is 8.15. The number of amides is 1. The molecular formula is C12H17N3O2. The second-order valence-electron chi connectivity index (χ2n) is 4.11. The smallest absolute Gasteiger partial charge is 0.236 e. The Labute approximate surface area is 100 Å². The third-order valence-electron chi connectivity index (χ3n) is 2.86. The Morgan fingerprint density at radius 3 is 2.82 bits per heavy atom. The van der Waals surface area contributed by atoms with E-state index in [0.29, 0.717) is 5.75 Å². The molecule has 0 aliphatic carbocycles. The monoisotopic (exact) mass is 235 g/mol. The summed E-state index contributed by atoms with van der Waals surface area (Å²) in [6.07, 6.45) is 2.84. The fraction of sp³-hybridized carbons (Fsp3) is 0.417. The first-order valence-corrected chi connectivity index (χ1v) is 5.81. The van der Waals surface area contributed by atoms with Crippen LogP contribution in [0.1, 0.15) is 19.3 Å². The van der Waals surface area contributed by atoms with Gasteiger partial charge in [-0.3, -0.25) is 4.79 Å². The van der Waals surface area contributed by atoms with Crippen molar-refractivity contribution in [3.63, 3.8) is 0 Å². The molecule has 1 aromatic rings. The van der Waals surface area contributed by atoms with Crippen LogP contribution in [0.2, 0.25) is 0 Å². The van der Waals surface area contributed by atoms with Crippen molar-refractivity contribution in [3.05, 3.63) is 30.3 Å². The van der Waals surface area contributed by atoms with Gasteiger partial charge in [0.1, 0.15) is 11.8 Å². The van der Waals surface area contributed by atoms with Crippen LogP contribution in [0.15, 0.2) is 30.3 Å². The van der Waals surface area contributed by atoms with E-state index in [1.807, 2.05) is 30.3 Å². The highest BCUT2D eigenvalue weighted by molar-refractivity contribution is 5.79. The highest BCUT2D eigenvalue weighted by Gasteiger charge is 2.27. The lowest BCUT2D eigenvalue weighted by molar-refractivity contribution is -0.131. The van der Waals surface area contributed by atoms with Crippen LogP contribution < -0.4 is 16.2 Å². The van der Waals surface area contributed by atoms with Gasteiger partial charge in [0.2, 0.25) is 5.91 Å². The number of piperidine rings is 1. The quantitative estimate of drug-likeness (QED) is 0.758. The number of primary amides is 1. The van der Waals surface area contributed by atoms with Crippen LogP contribution in [-0.4, -0.2) is 23.5 Å². The first-order chi connectivity index (χ1) is 8.27. The molecule has 17 heavy (non-hydrogen) atoms. The summed E-state index contributed by atoms with van der Waals surface area (Å²) in [7, 11) is 0. The van der Waals surface area contributed by atoms with E-state index in [0.717, 1.165) is 25.8 Å². The molecule has 1 unspecified atom stereocenters. The third-order valence-corrected chi connectivity index (χ3v) is 2.86. The second kappa shape index (κ2) is 5.65. The van der Waals surface area contributed by atoms with Gasteiger partial charge >= 0.3 is 0 Å². The zero-order valence-corrected chi connectivity index (χ0v) is 9.63. The maximum atomic E-state index is 11.3. The molecule has 3 N–H and O–H groups in total. The van der Waals surface area contributed by atoms with Crippen molar-refractivity contribution in [3.8, 4) is 5.75 Å². The number of hydrogen-bond donors (Lipinski definition) is 2. The van der Waals surface area contributed by atoms with E-state index in [4.69, 9.17) is 10.6 Å². The van der Waals surface area contributed by atoms with Crippen molar-refractivity contribution in [1.29, 1.82) is 0 Å². The van der Waals surface area contributed by atoms with Gasteiger partial charge in [0, 0.05) is 6.54 Å². The molecule has 0 aromatic heterocycles. The molecule has 1 fully saturated rings. The Kier molecular flexibility index (Phi) is 3.95. The van der Waals surface area contributed by atoms with Crippen molar-refractivity contribution < 1.29 is 9.63 Å². The van der Waals surface area contributed by atoms with Crippen LogP contribution in [0, 0.1) is 0 Å². The fourth-order valence-electron chi connectivity index (χ4n) is 1.94. The van der Waals surface area contributed by atoms with Gasteiger partial charge in [-0.25, -0.2) is 0 Å². The van der Waals surface area contributed by atoms with E-state index in [9.17, 15) is 4.79 Å². The number of nitrogens with one attached hydrogen (secondary N) is 1. The first-order valence-electron chi connectivity index (χ1n) is 5.81. The predicted molar refractivity (Wildman–Crippen MR) is 63.7 cm³/mol. The van der Waals surface area contributed by atoms with Gasteiger partial charge in [-0.1, -0.05) is 23.8 Å². The van der Waals surface area contributed by atoms with Gasteiger partial charge in [0.15, 0.2) is 0 Å². The number of rotatable bonds is 4. The minimum absolute atomic E-state index is 0.285. The third kappa shape index (κ3) is 3.18. The standard InChI is InChI=1S/C12H17N3O2/c13-12(16)11-8-4-5-9-15(11)14-17-10-6-2-1-3-7-10/h1-3,6-7,11,14H,4-5,8-9H2,(H2,13,16). The van der Waals surface area contributed by atoms with Gasteiger partial charge < -0.3 is 10.6 Å². The summed E-state index contributed by atoms with van der Waals surface area (Å²) in [5, 5.41) is 1.76. The summed E-state index contributed by atoms with van der Waals surface area (Å²) in [6, 6.07) is 9.09. The van der Waals surface area contributed by atoms with Gasteiger partial charge in [-0.2, -0.15) is 5.01 Å². The van der Waals surface area contributed by atoms with Crippen molar-refractivity contribution in [2.24, 2.45) is 5.73 Å². The molecule has 5 nitrogen and oxygen atoms in total. The molecule has 0 spiro atoms. The molecule has 1 aliphatic heterocycles. The molecule has 1 amide bonds.